The Morgan fingerprint density at radius 3 is 2.52 bits per heavy atom. The Morgan fingerprint density at radius 2 is 1.95 bits per heavy atom. The predicted molar refractivity (Wildman–Crippen MR) is 83.8 cm³/mol. The number of Topliss-reactive ketones (excluding diaryl/α,β-unsaturated/α-hetero) is 1. The van der Waals surface area contributed by atoms with Gasteiger partial charge in [-0.15, -0.1) is 11.3 Å². The van der Waals surface area contributed by atoms with E-state index in [0.717, 1.165) is 41.0 Å². The summed E-state index contributed by atoms with van der Waals surface area (Å²) in [4.78, 5) is 26.0. The molecule has 1 aromatic rings. The zero-order valence-corrected chi connectivity index (χ0v) is 13.5. The smallest absolute Gasteiger partial charge is 0.220 e. The van der Waals surface area contributed by atoms with E-state index < -0.39 is 5.60 Å². The van der Waals surface area contributed by atoms with Crippen molar-refractivity contribution >= 4 is 23.0 Å². The summed E-state index contributed by atoms with van der Waals surface area (Å²) in [6.07, 6.45) is 3.94. The number of rotatable bonds is 6. The molecule has 1 aromatic heterocycles. The molecule has 0 unspecified atom stereocenters. The molecule has 21 heavy (non-hydrogen) atoms. The molecular formula is C16H23NO3S. The third kappa shape index (κ3) is 4.38. The van der Waals surface area contributed by atoms with Crippen LogP contribution in [0.3, 0.4) is 0 Å². The Bertz CT molecular complexity index is 530. The van der Waals surface area contributed by atoms with Crippen molar-refractivity contribution in [2.24, 2.45) is 0 Å². The number of nitrogens with one attached hydrogen (secondary N) is 1. The predicted octanol–water partition coefficient (Wildman–Crippen LogP) is 2.75. The lowest BCUT2D eigenvalue weighted by atomic mass is 10.0. The zero-order valence-electron chi connectivity index (χ0n) is 12.7. The van der Waals surface area contributed by atoms with Gasteiger partial charge in [0.1, 0.15) is 0 Å². The normalized spacial score (nSPS) is 16.9. The number of carbonyl (C=O) groups excluding carboxylic acids is 2. The minimum absolute atomic E-state index is 0.0200. The van der Waals surface area contributed by atoms with Crippen molar-refractivity contribution in [2.45, 2.75) is 58.0 Å². The van der Waals surface area contributed by atoms with Crippen molar-refractivity contribution in [2.75, 3.05) is 6.54 Å². The molecule has 1 aliphatic rings. The van der Waals surface area contributed by atoms with E-state index in [-0.39, 0.29) is 24.5 Å². The molecule has 2 N–H and O–H groups in total. The SMILES string of the molecule is Cc1cc(C(=O)CCC(=O)NCC2(O)CCCC2)c(C)s1. The van der Waals surface area contributed by atoms with Gasteiger partial charge in [0.25, 0.3) is 0 Å². The lowest BCUT2D eigenvalue weighted by molar-refractivity contribution is -0.122. The highest BCUT2D eigenvalue weighted by atomic mass is 32.1. The van der Waals surface area contributed by atoms with Gasteiger partial charge in [-0.25, -0.2) is 0 Å². The van der Waals surface area contributed by atoms with Crippen LogP contribution in [0, 0.1) is 13.8 Å². The van der Waals surface area contributed by atoms with Crippen LogP contribution in [0.15, 0.2) is 6.07 Å². The summed E-state index contributed by atoms with van der Waals surface area (Å²) in [7, 11) is 0. The highest BCUT2D eigenvalue weighted by Gasteiger charge is 2.31. The summed E-state index contributed by atoms with van der Waals surface area (Å²) >= 11 is 1.60. The number of hydrogen-bond acceptors (Lipinski definition) is 4. The number of amides is 1. The Hall–Kier alpha value is -1.20. The van der Waals surface area contributed by atoms with E-state index in [9.17, 15) is 14.7 Å². The highest BCUT2D eigenvalue weighted by Crippen LogP contribution is 2.28. The maximum atomic E-state index is 12.1. The van der Waals surface area contributed by atoms with Gasteiger partial charge < -0.3 is 10.4 Å². The molecule has 4 nitrogen and oxygen atoms in total. The van der Waals surface area contributed by atoms with Gasteiger partial charge in [-0.1, -0.05) is 12.8 Å². The maximum Gasteiger partial charge on any atom is 0.220 e. The number of thiophene rings is 1. The van der Waals surface area contributed by atoms with Crippen LogP contribution in [0.1, 0.15) is 58.6 Å². The Kier molecular flexibility index (Phi) is 5.17. The minimum Gasteiger partial charge on any atom is -0.388 e. The third-order valence-corrected chi connectivity index (χ3v) is 5.04. The first-order valence-electron chi connectivity index (χ1n) is 7.49. The molecule has 5 heteroatoms. The molecule has 1 heterocycles. The molecule has 0 bridgehead atoms. The van der Waals surface area contributed by atoms with Gasteiger partial charge in [0.05, 0.1) is 5.60 Å². The number of aryl methyl sites for hydroxylation is 2. The van der Waals surface area contributed by atoms with Crippen LogP contribution >= 0.6 is 11.3 Å². The molecule has 1 amide bonds. The van der Waals surface area contributed by atoms with E-state index in [4.69, 9.17) is 0 Å². The molecular weight excluding hydrogens is 286 g/mol. The molecule has 0 radical (unpaired) electrons. The van der Waals surface area contributed by atoms with E-state index in [0.29, 0.717) is 6.54 Å². The fourth-order valence-corrected chi connectivity index (χ4v) is 3.77. The Labute approximate surface area is 129 Å². The average Bonchev–Trinajstić information content (AvgIpc) is 3.00. The second-order valence-electron chi connectivity index (χ2n) is 5.96. The summed E-state index contributed by atoms with van der Waals surface area (Å²) in [6.45, 7) is 4.21. The van der Waals surface area contributed by atoms with E-state index in [1.54, 1.807) is 11.3 Å². The van der Waals surface area contributed by atoms with Crippen LogP contribution in [0.25, 0.3) is 0 Å². The fraction of sp³-hybridized carbons (Fsp3) is 0.625. The van der Waals surface area contributed by atoms with E-state index >= 15 is 0 Å². The van der Waals surface area contributed by atoms with Gasteiger partial charge in [-0.05, 0) is 32.8 Å². The summed E-state index contributed by atoms with van der Waals surface area (Å²) in [5.41, 5.74) is 0.000463. The lowest BCUT2D eigenvalue weighted by Crippen LogP contribution is -2.40. The number of aliphatic hydroxyl groups is 1. The van der Waals surface area contributed by atoms with Crippen molar-refractivity contribution in [3.8, 4) is 0 Å². The van der Waals surface area contributed by atoms with Crippen molar-refractivity contribution in [1.29, 1.82) is 0 Å². The lowest BCUT2D eigenvalue weighted by Gasteiger charge is -2.22. The summed E-state index contributed by atoms with van der Waals surface area (Å²) in [6, 6.07) is 1.89. The highest BCUT2D eigenvalue weighted by molar-refractivity contribution is 7.12. The van der Waals surface area contributed by atoms with Crippen LogP contribution in [-0.4, -0.2) is 28.9 Å². The summed E-state index contributed by atoms with van der Waals surface area (Å²) in [5, 5.41) is 12.9. The van der Waals surface area contributed by atoms with E-state index in [1.165, 1.54) is 0 Å². The second kappa shape index (κ2) is 6.71. The largest absolute Gasteiger partial charge is 0.388 e. The standard InChI is InChI=1S/C16H23NO3S/c1-11-9-13(12(2)21-11)14(18)5-6-15(19)17-10-16(20)7-3-4-8-16/h9,20H,3-8,10H2,1-2H3,(H,17,19). The van der Waals surface area contributed by atoms with Crippen molar-refractivity contribution in [3.63, 3.8) is 0 Å². The molecule has 1 aliphatic carbocycles. The van der Waals surface area contributed by atoms with E-state index in [2.05, 4.69) is 5.32 Å². The van der Waals surface area contributed by atoms with E-state index in [1.807, 2.05) is 19.9 Å². The first kappa shape index (κ1) is 16.2. The van der Waals surface area contributed by atoms with Crippen LogP contribution < -0.4 is 5.32 Å². The first-order chi connectivity index (χ1) is 9.89. The first-order valence-corrected chi connectivity index (χ1v) is 8.31. The molecule has 0 aliphatic heterocycles. The van der Waals surface area contributed by atoms with Gasteiger partial charge in [0.15, 0.2) is 5.78 Å². The number of ketones is 1. The molecule has 0 atom stereocenters. The fourth-order valence-electron chi connectivity index (χ4n) is 2.83. The number of carbonyl (C=O) groups is 2. The zero-order chi connectivity index (χ0) is 15.5. The summed E-state index contributed by atoms with van der Waals surface area (Å²) in [5.74, 6) is -0.139. The molecule has 0 aromatic carbocycles. The van der Waals surface area contributed by atoms with Crippen molar-refractivity contribution in [1.82, 2.24) is 5.32 Å². The monoisotopic (exact) mass is 309 g/mol. The third-order valence-electron chi connectivity index (χ3n) is 4.07. The van der Waals surface area contributed by atoms with Gasteiger partial charge in [0.2, 0.25) is 5.91 Å². The van der Waals surface area contributed by atoms with Gasteiger partial charge in [0, 0.05) is 34.7 Å². The van der Waals surface area contributed by atoms with Crippen LogP contribution in [0.2, 0.25) is 0 Å². The minimum atomic E-state index is -0.735. The molecule has 1 fully saturated rings. The Balaban J connectivity index is 1.76. The van der Waals surface area contributed by atoms with Crippen LogP contribution in [-0.2, 0) is 4.79 Å². The van der Waals surface area contributed by atoms with Crippen molar-refractivity contribution in [3.05, 3.63) is 21.4 Å². The summed E-state index contributed by atoms with van der Waals surface area (Å²) < 4.78 is 0. The Morgan fingerprint density at radius 1 is 1.29 bits per heavy atom. The average molecular weight is 309 g/mol. The molecule has 2 rings (SSSR count). The molecule has 116 valence electrons. The van der Waals surface area contributed by atoms with Crippen molar-refractivity contribution < 1.29 is 14.7 Å². The maximum absolute atomic E-state index is 12.1. The van der Waals surface area contributed by atoms with Crippen LogP contribution in [0.5, 0.6) is 0 Å². The molecule has 0 saturated heterocycles. The topological polar surface area (TPSA) is 66.4 Å². The van der Waals surface area contributed by atoms with Gasteiger partial charge in [-0.2, -0.15) is 0 Å². The molecule has 0 spiro atoms. The second-order valence-corrected chi connectivity index (χ2v) is 7.42. The number of hydrogen-bond donors (Lipinski definition) is 2. The van der Waals surface area contributed by atoms with Gasteiger partial charge in [-0.3, -0.25) is 9.59 Å². The molecule has 1 saturated carbocycles. The quantitative estimate of drug-likeness (QED) is 0.794. The van der Waals surface area contributed by atoms with Gasteiger partial charge >= 0.3 is 0 Å². The van der Waals surface area contributed by atoms with Crippen LogP contribution in [0.4, 0.5) is 0 Å².